The molecule has 0 aliphatic carbocycles. The first kappa shape index (κ1) is 17.3. The smallest absolute Gasteiger partial charge is 0.240 e. The van der Waals surface area contributed by atoms with Crippen molar-refractivity contribution < 1.29 is 17.9 Å². The van der Waals surface area contributed by atoms with E-state index in [4.69, 9.17) is 9.47 Å². The molecule has 1 atom stereocenters. The predicted octanol–water partition coefficient (Wildman–Crippen LogP) is 3.13. The SMILES string of the molecule is CCOc1ccc(S(=O)(=O)N[C@@H]2COc3ccc(Br)cc3C2)cc1. The Bertz CT molecular complexity index is 821. The zero-order valence-corrected chi connectivity index (χ0v) is 15.6. The lowest BCUT2D eigenvalue weighted by Crippen LogP contribution is -2.42. The summed E-state index contributed by atoms with van der Waals surface area (Å²) in [6, 6.07) is 11.8. The minimum absolute atomic E-state index is 0.214. The van der Waals surface area contributed by atoms with Gasteiger partial charge in [0.2, 0.25) is 10.0 Å². The van der Waals surface area contributed by atoms with E-state index < -0.39 is 10.0 Å². The van der Waals surface area contributed by atoms with Crippen molar-refractivity contribution in [2.45, 2.75) is 24.3 Å². The molecule has 0 unspecified atom stereocenters. The Labute approximate surface area is 150 Å². The second-order valence-corrected chi connectivity index (χ2v) is 8.12. The lowest BCUT2D eigenvalue weighted by molar-refractivity contribution is 0.254. The molecule has 1 aliphatic heterocycles. The van der Waals surface area contributed by atoms with Crippen LogP contribution >= 0.6 is 15.9 Å². The molecule has 0 saturated carbocycles. The molecular weight excluding hydrogens is 394 g/mol. The zero-order chi connectivity index (χ0) is 17.2. The van der Waals surface area contributed by atoms with Crippen molar-refractivity contribution in [3.63, 3.8) is 0 Å². The first-order valence-corrected chi connectivity index (χ1v) is 9.92. The molecule has 128 valence electrons. The van der Waals surface area contributed by atoms with E-state index in [1.54, 1.807) is 24.3 Å². The van der Waals surface area contributed by atoms with Gasteiger partial charge in [0, 0.05) is 4.47 Å². The second kappa shape index (κ2) is 7.13. The maximum Gasteiger partial charge on any atom is 0.240 e. The summed E-state index contributed by atoms with van der Waals surface area (Å²) in [5, 5.41) is 0. The summed E-state index contributed by atoms with van der Waals surface area (Å²) in [4.78, 5) is 0.214. The van der Waals surface area contributed by atoms with Gasteiger partial charge < -0.3 is 9.47 Å². The van der Waals surface area contributed by atoms with Crippen LogP contribution in [-0.4, -0.2) is 27.7 Å². The van der Waals surface area contributed by atoms with Crippen LogP contribution in [-0.2, 0) is 16.4 Å². The standard InChI is InChI=1S/C17H18BrNO4S/c1-2-22-15-4-6-16(7-5-15)24(20,21)19-14-10-12-9-13(18)3-8-17(12)23-11-14/h3-9,14,19H,2,10-11H2,1H3/t14-/m0/s1. The number of benzene rings is 2. The van der Waals surface area contributed by atoms with Gasteiger partial charge in [-0.1, -0.05) is 15.9 Å². The fraction of sp³-hybridized carbons (Fsp3) is 0.294. The van der Waals surface area contributed by atoms with Crippen molar-refractivity contribution >= 4 is 26.0 Å². The van der Waals surface area contributed by atoms with Crippen LogP contribution in [0.15, 0.2) is 51.8 Å². The molecule has 0 aromatic heterocycles. The topological polar surface area (TPSA) is 64.6 Å². The number of nitrogens with one attached hydrogen (secondary N) is 1. The summed E-state index contributed by atoms with van der Waals surface area (Å²) < 4.78 is 39.7. The summed E-state index contributed by atoms with van der Waals surface area (Å²) in [7, 11) is -3.60. The molecular formula is C17H18BrNO4S. The lowest BCUT2D eigenvalue weighted by atomic mass is 10.0. The number of hydrogen-bond acceptors (Lipinski definition) is 4. The van der Waals surface area contributed by atoms with Crippen LogP contribution in [0.2, 0.25) is 0 Å². The maximum absolute atomic E-state index is 12.5. The van der Waals surface area contributed by atoms with Crippen molar-refractivity contribution in [1.29, 1.82) is 0 Å². The summed E-state index contributed by atoms with van der Waals surface area (Å²) in [6.45, 7) is 2.73. The molecule has 24 heavy (non-hydrogen) atoms. The van der Waals surface area contributed by atoms with Crippen LogP contribution in [0, 0.1) is 0 Å². The van der Waals surface area contributed by atoms with E-state index in [0.29, 0.717) is 25.4 Å². The van der Waals surface area contributed by atoms with Gasteiger partial charge >= 0.3 is 0 Å². The first-order chi connectivity index (χ1) is 11.5. The van der Waals surface area contributed by atoms with E-state index in [1.165, 1.54) is 0 Å². The lowest BCUT2D eigenvalue weighted by Gasteiger charge is -2.26. The molecule has 0 radical (unpaired) electrons. The molecule has 0 bridgehead atoms. The third kappa shape index (κ3) is 3.91. The van der Waals surface area contributed by atoms with Gasteiger partial charge in [0.25, 0.3) is 0 Å². The molecule has 2 aromatic carbocycles. The largest absolute Gasteiger partial charge is 0.494 e. The average Bonchev–Trinajstić information content (AvgIpc) is 2.55. The highest BCUT2D eigenvalue weighted by Gasteiger charge is 2.25. The van der Waals surface area contributed by atoms with Gasteiger partial charge in [0.05, 0.1) is 17.5 Å². The molecule has 0 saturated heterocycles. The molecule has 1 aliphatic rings. The van der Waals surface area contributed by atoms with Gasteiger partial charge in [-0.2, -0.15) is 0 Å². The number of rotatable bonds is 5. The molecule has 0 spiro atoms. The Balaban J connectivity index is 1.73. The van der Waals surface area contributed by atoms with Gasteiger partial charge in [0.1, 0.15) is 18.1 Å². The molecule has 1 N–H and O–H groups in total. The van der Waals surface area contributed by atoms with Crippen LogP contribution in [0.1, 0.15) is 12.5 Å². The fourth-order valence-corrected chi connectivity index (χ4v) is 4.24. The van der Waals surface area contributed by atoms with Gasteiger partial charge in [-0.25, -0.2) is 13.1 Å². The van der Waals surface area contributed by atoms with Crippen molar-refractivity contribution in [2.24, 2.45) is 0 Å². The van der Waals surface area contributed by atoms with E-state index in [9.17, 15) is 8.42 Å². The molecule has 0 fully saturated rings. The summed E-state index contributed by atoms with van der Waals surface area (Å²) in [6.07, 6.45) is 0.588. The minimum atomic E-state index is -3.60. The van der Waals surface area contributed by atoms with E-state index in [1.807, 2.05) is 25.1 Å². The minimum Gasteiger partial charge on any atom is -0.494 e. The number of ether oxygens (including phenoxy) is 2. The highest BCUT2D eigenvalue weighted by molar-refractivity contribution is 9.10. The maximum atomic E-state index is 12.5. The summed E-state index contributed by atoms with van der Waals surface area (Å²) in [5.41, 5.74) is 0.981. The fourth-order valence-electron chi connectivity index (χ4n) is 2.61. The van der Waals surface area contributed by atoms with E-state index in [2.05, 4.69) is 20.7 Å². The number of hydrogen-bond donors (Lipinski definition) is 1. The Morgan fingerprint density at radius 1 is 1.25 bits per heavy atom. The molecule has 7 heteroatoms. The molecule has 1 heterocycles. The number of halogens is 1. The molecule has 5 nitrogen and oxygen atoms in total. The first-order valence-electron chi connectivity index (χ1n) is 7.64. The second-order valence-electron chi connectivity index (χ2n) is 5.49. The predicted molar refractivity (Wildman–Crippen MR) is 95.1 cm³/mol. The highest BCUT2D eigenvalue weighted by Crippen LogP contribution is 2.28. The summed E-state index contributed by atoms with van der Waals surface area (Å²) >= 11 is 3.42. The van der Waals surface area contributed by atoms with Crippen molar-refractivity contribution in [1.82, 2.24) is 4.72 Å². The third-order valence-electron chi connectivity index (χ3n) is 3.70. The van der Waals surface area contributed by atoms with Crippen molar-refractivity contribution in [3.8, 4) is 11.5 Å². The Kier molecular flexibility index (Phi) is 5.12. The molecule has 0 amide bonds. The zero-order valence-electron chi connectivity index (χ0n) is 13.2. The van der Waals surface area contributed by atoms with Gasteiger partial charge in [-0.3, -0.25) is 0 Å². The Morgan fingerprint density at radius 2 is 2.00 bits per heavy atom. The van der Waals surface area contributed by atoms with E-state index in [0.717, 1.165) is 15.8 Å². The normalized spacial score (nSPS) is 17.0. The number of fused-ring (bicyclic) bond motifs is 1. The monoisotopic (exact) mass is 411 g/mol. The quantitative estimate of drug-likeness (QED) is 0.820. The van der Waals surface area contributed by atoms with Crippen LogP contribution < -0.4 is 14.2 Å². The highest BCUT2D eigenvalue weighted by atomic mass is 79.9. The number of sulfonamides is 1. The Morgan fingerprint density at radius 3 is 2.71 bits per heavy atom. The van der Waals surface area contributed by atoms with Crippen LogP contribution in [0.5, 0.6) is 11.5 Å². The van der Waals surface area contributed by atoms with Crippen LogP contribution in [0.25, 0.3) is 0 Å². The van der Waals surface area contributed by atoms with Gasteiger partial charge in [0.15, 0.2) is 0 Å². The average molecular weight is 412 g/mol. The Hall–Kier alpha value is -1.57. The molecule has 2 aromatic rings. The van der Waals surface area contributed by atoms with Crippen LogP contribution in [0.3, 0.4) is 0 Å². The van der Waals surface area contributed by atoms with Crippen molar-refractivity contribution in [2.75, 3.05) is 13.2 Å². The van der Waals surface area contributed by atoms with Gasteiger partial charge in [-0.05, 0) is 61.4 Å². The summed E-state index contributed by atoms with van der Waals surface area (Å²) in [5.74, 6) is 1.45. The van der Waals surface area contributed by atoms with Crippen LogP contribution in [0.4, 0.5) is 0 Å². The third-order valence-corrected chi connectivity index (χ3v) is 5.73. The molecule has 3 rings (SSSR count). The van der Waals surface area contributed by atoms with E-state index in [-0.39, 0.29) is 10.9 Å². The van der Waals surface area contributed by atoms with Crippen molar-refractivity contribution in [3.05, 3.63) is 52.5 Å². The van der Waals surface area contributed by atoms with Gasteiger partial charge in [-0.15, -0.1) is 0 Å². The van der Waals surface area contributed by atoms with E-state index >= 15 is 0 Å².